The molecular formula is C31H37NO3. The van der Waals surface area contributed by atoms with E-state index >= 15 is 0 Å². The molecule has 4 atom stereocenters. The van der Waals surface area contributed by atoms with Crippen LogP contribution in [-0.4, -0.2) is 44.9 Å². The molecule has 184 valence electrons. The van der Waals surface area contributed by atoms with Gasteiger partial charge >= 0.3 is 0 Å². The molecule has 0 aromatic heterocycles. The van der Waals surface area contributed by atoms with Gasteiger partial charge in [-0.15, -0.1) is 0 Å². The van der Waals surface area contributed by atoms with Crippen molar-refractivity contribution in [3.8, 4) is 17.2 Å². The maximum Gasteiger partial charge on any atom is 0.119 e. The Bertz CT molecular complexity index is 1140. The molecule has 2 aliphatic rings. The molecule has 1 saturated heterocycles. The fourth-order valence-electron chi connectivity index (χ4n) is 5.82. The van der Waals surface area contributed by atoms with Gasteiger partial charge in [-0.3, -0.25) is 4.90 Å². The molecule has 0 spiro atoms. The first-order chi connectivity index (χ1) is 17.1. The highest BCUT2D eigenvalue weighted by molar-refractivity contribution is 5.51. The monoisotopic (exact) mass is 471 g/mol. The summed E-state index contributed by atoms with van der Waals surface area (Å²) in [5.74, 6) is 4.18. The molecule has 0 N–H and O–H groups in total. The molecular weight excluding hydrogens is 434 g/mol. The Morgan fingerprint density at radius 3 is 2.34 bits per heavy atom. The van der Waals surface area contributed by atoms with Crippen LogP contribution in [0.3, 0.4) is 0 Å². The third kappa shape index (κ3) is 5.04. The van der Waals surface area contributed by atoms with E-state index in [4.69, 9.17) is 14.2 Å². The number of ether oxygens (including phenoxy) is 3. The number of hydrogen-bond acceptors (Lipinski definition) is 4. The summed E-state index contributed by atoms with van der Waals surface area (Å²) in [6, 6.07) is 24.2. The largest absolute Gasteiger partial charge is 0.497 e. The van der Waals surface area contributed by atoms with Gasteiger partial charge in [0.05, 0.1) is 14.2 Å². The van der Waals surface area contributed by atoms with Crippen LogP contribution in [0.2, 0.25) is 0 Å². The van der Waals surface area contributed by atoms with Crippen molar-refractivity contribution in [3.63, 3.8) is 0 Å². The van der Waals surface area contributed by atoms with E-state index in [1.54, 1.807) is 14.2 Å². The van der Waals surface area contributed by atoms with Crippen LogP contribution in [0.25, 0.3) is 0 Å². The highest BCUT2D eigenvalue weighted by Crippen LogP contribution is 2.49. The van der Waals surface area contributed by atoms with Gasteiger partial charge in [0, 0.05) is 18.5 Å². The molecule has 4 nitrogen and oxygen atoms in total. The quantitative estimate of drug-likeness (QED) is 0.387. The summed E-state index contributed by atoms with van der Waals surface area (Å²) >= 11 is 0. The number of likely N-dealkylation sites (tertiary alicyclic amines) is 1. The lowest BCUT2D eigenvalue weighted by molar-refractivity contribution is 0.169. The lowest BCUT2D eigenvalue weighted by Gasteiger charge is -2.25. The molecule has 35 heavy (non-hydrogen) atoms. The molecule has 1 heterocycles. The third-order valence-corrected chi connectivity index (χ3v) is 7.86. The van der Waals surface area contributed by atoms with Crippen molar-refractivity contribution >= 4 is 0 Å². The Kier molecular flexibility index (Phi) is 7.01. The van der Waals surface area contributed by atoms with Gasteiger partial charge in [0.1, 0.15) is 23.9 Å². The fraction of sp³-hybridized carbons (Fsp3) is 0.419. The van der Waals surface area contributed by atoms with Crippen molar-refractivity contribution in [2.45, 2.75) is 44.6 Å². The van der Waals surface area contributed by atoms with Gasteiger partial charge in [0.15, 0.2) is 0 Å². The zero-order chi connectivity index (χ0) is 24.4. The first kappa shape index (κ1) is 23.7. The summed E-state index contributed by atoms with van der Waals surface area (Å²) in [6.45, 7) is 7.70. The number of hydrogen-bond donors (Lipinski definition) is 0. The van der Waals surface area contributed by atoms with Crippen LogP contribution in [-0.2, 0) is 6.42 Å². The van der Waals surface area contributed by atoms with Crippen molar-refractivity contribution in [3.05, 3.63) is 89.0 Å². The summed E-state index contributed by atoms with van der Waals surface area (Å²) in [7, 11) is 3.46. The van der Waals surface area contributed by atoms with Crippen molar-refractivity contribution in [1.29, 1.82) is 0 Å². The molecule has 4 heteroatoms. The first-order valence-corrected chi connectivity index (χ1v) is 12.8. The molecule has 0 bridgehead atoms. The Labute approximate surface area is 209 Å². The van der Waals surface area contributed by atoms with E-state index in [-0.39, 0.29) is 5.92 Å². The summed E-state index contributed by atoms with van der Waals surface area (Å²) in [5.41, 5.74) is 5.36. The van der Waals surface area contributed by atoms with Crippen LogP contribution in [0.5, 0.6) is 17.2 Å². The average Bonchev–Trinajstić information content (AvgIpc) is 3.51. The molecule has 5 rings (SSSR count). The zero-order valence-electron chi connectivity index (χ0n) is 21.4. The van der Waals surface area contributed by atoms with Crippen LogP contribution in [0.4, 0.5) is 0 Å². The van der Waals surface area contributed by atoms with Crippen LogP contribution >= 0.6 is 0 Å². The Hall–Kier alpha value is -2.98. The topological polar surface area (TPSA) is 30.9 Å². The van der Waals surface area contributed by atoms with Crippen molar-refractivity contribution in [1.82, 2.24) is 4.90 Å². The second-order valence-corrected chi connectivity index (χ2v) is 10.2. The van der Waals surface area contributed by atoms with Gasteiger partial charge in [-0.05, 0) is 96.8 Å². The van der Waals surface area contributed by atoms with E-state index in [9.17, 15) is 0 Å². The first-order valence-electron chi connectivity index (χ1n) is 12.8. The van der Waals surface area contributed by atoms with Gasteiger partial charge in [-0.2, -0.15) is 0 Å². The number of methoxy groups -OCH3 is 2. The predicted octanol–water partition coefficient (Wildman–Crippen LogP) is 6.28. The van der Waals surface area contributed by atoms with E-state index in [0.717, 1.165) is 36.2 Å². The van der Waals surface area contributed by atoms with Crippen molar-refractivity contribution in [2.75, 3.05) is 33.9 Å². The number of rotatable bonds is 8. The molecule has 0 amide bonds. The van der Waals surface area contributed by atoms with E-state index in [2.05, 4.69) is 79.4 Å². The van der Waals surface area contributed by atoms with E-state index < -0.39 is 0 Å². The number of benzene rings is 3. The second kappa shape index (κ2) is 10.3. The molecule has 0 saturated carbocycles. The Morgan fingerprint density at radius 2 is 1.63 bits per heavy atom. The lowest BCUT2D eigenvalue weighted by atomic mass is 9.82. The standard InChI is InChI=1S/C31H37NO3/c1-21-14-15-32(19-21)22(2)20-35-26-10-8-23(9-11-26)31-29-13-12-28(34-4)17-25(29)18-30(31)24-6-5-7-27(16-24)33-3/h5-13,16-17,21-22,30-31H,14-15,18-20H2,1-4H3. The van der Waals surface area contributed by atoms with Crippen LogP contribution in [0.1, 0.15) is 54.4 Å². The maximum atomic E-state index is 6.20. The normalized spacial score (nSPS) is 22.6. The predicted molar refractivity (Wildman–Crippen MR) is 141 cm³/mol. The van der Waals surface area contributed by atoms with Crippen LogP contribution < -0.4 is 14.2 Å². The highest BCUT2D eigenvalue weighted by Gasteiger charge is 2.35. The van der Waals surface area contributed by atoms with E-state index in [0.29, 0.717) is 12.0 Å². The lowest BCUT2D eigenvalue weighted by Crippen LogP contribution is -2.35. The second-order valence-electron chi connectivity index (χ2n) is 10.2. The van der Waals surface area contributed by atoms with Gasteiger partial charge in [-0.25, -0.2) is 0 Å². The Balaban J connectivity index is 1.37. The molecule has 1 fully saturated rings. The third-order valence-electron chi connectivity index (χ3n) is 7.86. The molecule has 4 unspecified atom stereocenters. The SMILES string of the molecule is COc1cccc(C2Cc3cc(OC)ccc3C2c2ccc(OCC(C)N3CCC(C)C3)cc2)c1. The molecule has 0 radical (unpaired) electrons. The van der Waals surface area contributed by atoms with Gasteiger partial charge in [0.25, 0.3) is 0 Å². The van der Waals surface area contributed by atoms with Crippen molar-refractivity contribution in [2.24, 2.45) is 5.92 Å². The van der Waals surface area contributed by atoms with Gasteiger partial charge in [0.2, 0.25) is 0 Å². The zero-order valence-corrected chi connectivity index (χ0v) is 21.4. The maximum absolute atomic E-state index is 6.20. The Morgan fingerprint density at radius 1 is 0.886 bits per heavy atom. The van der Waals surface area contributed by atoms with Gasteiger partial charge in [-0.1, -0.05) is 37.3 Å². The fourth-order valence-corrected chi connectivity index (χ4v) is 5.82. The van der Waals surface area contributed by atoms with Crippen molar-refractivity contribution < 1.29 is 14.2 Å². The minimum Gasteiger partial charge on any atom is -0.497 e. The highest BCUT2D eigenvalue weighted by atomic mass is 16.5. The van der Waals surface area contributed by atoms with Crippen LogP contribution in [0, 0.1) is 5.92 Å². The average molecular weight is 472 g/mol. The van der Waals surface area contributed by atoms with E-state index in [1.807, 2.05) is 6.07 Å². The summed E-state index contributed by atoms with van der Waals surface area (Å²) < 4.78 is 17.3. The number of nitrogens with zero attached hydrogens (tertiary/aromatic N) is 1. The molecule has 3 aromatic carbocycles. The number of fused-ring (bicyclic) bond motifs is 1. The van der Waals surface area contributed by atoms with E-state index in [1.165, 1.54) is 41.8 Å². The molecule has 1 aliphatic carbocycles. The summed E-state index contributed by atoms with van der Waals surface area (Å²) in [6.07, 6.45) is 2.27. The minimum absolute atomic E-state index is 0.280. The van der Waals surface area contributed by atoms with Crippen LogP contribution in [0.15, 0.2) is 66.7 Å². The smallest absolute Gasteiger partial charge is 0.119 e. The molecule has 3 aromatic rings. The summed E-state index contributed by atoms with van der Waals surface area (Å²) in [5, 5.41) is 0. The minimum atomic E-state index is 0.280. The summed E-state index contributed by atoms with van der Waals surface area (Å²) in [4.78, 5) is 2.54. The van der Waals surface area contributed by atoms with Gasteiger partial charge < -0.3 is 14.2 Å². The molecule has 1 aliphatic heterocycles.